The summed E-state index contributed by atoms with van der Waals surface area (Å²) in [4.78, 5) is 11.0. The van der Waals surface area contributed by atoms with E-state index in [1.165, 1.54) is 6.08 Å². The second-order valence-electron chi connectivity index (χ2n) is 8.12. The highest BCUT2D eigenvalue weighted by Gasteiger charge is 2.33. The van der Waals surface area contributed by atoms with Gasteiger partial charge in [0.25, 0.3) is 0 Å². The molecule has 0 bridgehead atoms. The van der Waals surface area contributed by atoms with Crippen LogP contribution in [0, 0.1) is 5.41 Å². The fourth-order valence-corrected chi connectivity index (χ4v) is 4.59. The van der Waals surface area contributed by atoms with Crippen LogP contribution in [0.3, 0.4) is 0 Å². The number of carbonyl (C=O) groups excluding carboxylic acids is 1. The molecule has 2 N–H and O–H groups in total. The summed E-state index contributed by atoms with van der Waals surface area (Å²) in [5.74, 6) is 0.330. The van der Waals surface area contributed by atoms with E-state index in [2.05, 4.69) is 9.28 Å². The molecule has 0 spiro atoms. The number of rotatable bonds is 9. The first-order chi connectivity index (χ1) is 14.8. The van der Waals surface area contributed by atoms with Crippen LogP contribution in [0.1, 0.15) is 51.8 Å². The van der Waals surface area contributed by atoms with Crippen molar-refractivity contribution in [2.75, 3.05) is 6.61 Å². The van der Waals surface area contributed by atoms with Gasteiger partial charge >= 0.3 is 16.2 Å². The lowest BCUT2D eigenvalue weighted by Crippen LogP contribution is -2.25. The summed E-state index contributed by atoms with van der Waals surface area (Å²) in [5.41, 5.74) is 5.20. The highest BCUT2D eigenvalue weighted by molar-refractivity contribution is 7.91. The van der Waals surface area contributed by atoms with Gasteiger partial charge in [-0.15, -0.1) is 5.10 Å². The number of carbonyl (C=O) groups is 1. The quantitative estimate of drug-likeness (QED) is 0.370. The van der Waals surface area contributed by atoms with Crippen molar-refractivity contribution in [2.45, 2.75) is 47.1 Å². The molecule has 2 aromatic rings. The molecular weight excluding hydrogens is 477 g/mol. The van der Waals surface area contributed by atoms with Crippen molar-refractivity contribution in [3.8, 4) is 5.88 Å². The Morgan fingerprint density at radius 1 is 1.25 bits per heavy atom. The second kappa shape index (κ2) is 10.6. The smallest absolute Gasteiger partial charge is 0.420 e. The van der Waals surface area contributed by atoms with Crippen LogP contribution in [0.25, 0.3) is 6.08 Å². The third kappa shape index (κ3) is 7.15. The van der Waals surface area contributed by atoms with E-state index in [1.807, 2.05) is 6.92 Å². The molecule has 0 aliphatic rings. The molecule has 0 radical (unpaired) electrons. The van der Waals surface area contributed by atoms with Crippen LogP contribution >= 0.6 is 23.2 Å². The molecule has 0 atom stereocenters. The third-order valence-corrected chi connectivity index (χ3v) is 6.59. The molecule has 1 amide bonds. The summed E-state index contributed by atoms with van der Waals surface area (Å²) >= 11 is 12.3. The standard InChI is InChI=1S/C21H27Cl2N3O5S/c1-5-6-9-30-19-12-16(11-18(21(2,3)4)32(28,29)31-20(24)27)26(25-19)13-14-7-8-15(22)10-17(14)23/h7-8,10-12H,5-6,9,13H2,1-4H3,(H2,24,27)/b18-11+. The van der Waals surface area contributed by atoms with Crippen LogP contribution in [0.2, 0.25) is 10.0 Å². The summed E-state index contributed by atoms with van der Waals surface area (Å²) < 4.78 is 37.0. The number of nitrogens with two attached hydrogens (primary N) is 1. The number of halogens is 2. The topological polar surface area (TPSA) is 114 Å². The van der Waals surface area contributed by atoms with Gasteiger partial charge in [0.2, 0.25) is 5.88 Å². The molecule has 1 heterocycles. The van der Waals surface area contributed by atoms with Gasteiger partial charge in [0.05, 0.1) is 23.8 Å². The number of benzene rings is 1. The van der Waals surface area contributed by atoms with Gasteiger partial charge in [-0.25, -0.2) is 4.79 Å². The van der Waals surface area contributed by atoms with Crippen molar-refractivity contribution < 1.29 is 22.1 Å². The first kappa shape index (κ1) is 26.0. The number of unbranched alkanes of at least 4 members (excludes halogenated alkanes) is 1. The number of ether oxygens (including phenoxy) is 1. The van der Waals surface area contributed by atoms with Crippen molar-refractivity contribution in [1.82, 2.24) is 9.78 Å². The van der Waals surface area contributed by atoms with E-state index in [-0.39, 0.29) is 11.4 Å². The minimum Gasteiger partial charge on any atom is -0.477 e. The Morgan fingerprint density at radius 3 is 2.50 bits per heavy atom. The lowest BCUT2D eigenvalue weighted by Gasteiger charge is -2.22. The molecule has 11 heteroatoms. The summed E-state index contributed by atoms with van der Waals surface area (Å²) in [5, 5.41) is 5.38. The summed E-state index contributed by atoms with van der Waals surface area (Å²) in [7, 11) is -4.43. The SMILES string of the molecule is CCCCOc1cc(/C=C(\C(C)(C)C)S(=O)(=O)OC(N)=O)n(Cc2ccc(Cl)cc2Cl)n1. The predicted molar refractivity (Wildman–Crippen MR) is 125 cm³/mol. The molecule has 0 saturated carbocycles. The molecule has 32 heavy (non-hydrogen) atoms. The molecule has 0 saturated heterocycles. The number of primary amides is 1. The number of nitrogens with zero attached hydrogens (tertiary/aromatic N) is 2. The van der Waals surface area contributed by atoms with Crippen LogP contribution in [0.15, 0.2) is 29.2 Å². The Morgan fingerprint density at radius 2 is 1.94 bits per heavy atom. The summed E-state index contributed by atoms with van der Waals surface area (Å²) in [6.07, 6.45) is 1.77. The first-order valence-electron chi connectivity index (χ1n) is 9.94. The fraction of sp³-hybridized carbons (Fsp3) is 0.429. The summed E-state index contributed by atoms with van der Waals surface area (Å²) in [6.45, 7) is 7.76. The molecule has 8 nitrogen and oxygen atoms in total. The number of allylic oxidation sites excluding steroid dienone is 1. The highest BCUT2D eigenvalue weighted by atomic mass is 35.5. The maximum Gasteiger partial charge on any atom is 0.420 e. The molecule has 176 valence electrons. The third-order valence-electron chi connectivity index (χ3n) is 4.35. The molecule has 2 rings (SSSR count). The van der Waals surface area contributed by atoms with Gasteiger partial charge in [-0.05, 0) is 30.2 Å². The Hall–Kier alpha value is -2.23. The lowest BCUT2D eigenvalue weighted by molar-refractivity contribution is 0.213. The van der Waals surface area contributed by atoms with Crippen LogP contribution in [-0.2, 0) is 20.8 Å². The minimum atomic E-state index is -4.43. The molecule has 0 aliphatic carbocycles. The van der Waals surface area contributed by atoms with E-state index in [1.54, 1.807) is 49.7 Å². The first-order valence-corrected chi connectivity index (χ1v) is 12.1. The second-order valence-corrected chi connectivity index (χ2v) is 10.5. The van der Waals surface area contributed by atoms with Crippen molar-refractivity contribution in [2.24, 2.45) is 11.1 Å². The van der Waals surface area contributed by atoms with Gasteiger partial charge in [0.1, 0.15) is 0 Å². The van der Waals surface area contributed by atoms with Gasteiger partial charge < -0.3 is 14.7 Å². The molecule has 1 aromatic heterocycles. The van der Waals surface area contributed by atoms with Crippen LogP contribution in [0.5, 0.6) is 5.88 Å². The van der Waals surface area contributed by atoms with Crippen LogP contribution in [-0.4, -0.2) is 30.9 Å². The number of aromatic nitrogens is 2. The zero-order valence-corrected chi connectivity index (χ0v) is 20.7. The van der Waals surface area contributed by atoms with E-state index in [0.29, 0.717) is 28.2 Å². The maximum atomic E-state index is 12.7. The Bertz CT molecular complexity index is 1110. The fourth-order valence-electron chi connectivity index (χ4n) is 2.80. The van der Waals surface area contributed by atoms with E-state index >= 15 is 0 Å². The number of amides is 1. The largest absolute Gasteiger partial charge is 0.477 e. The Kier molecular flexibility index (Phi) is 8.61. The maximum absolute atomic E-state index is 12.7. The average molecular weight is 504 g/mol. The molecule has 1 aromatic carbocycles. The number of hydrogen-bond acceptors (Lipinski definition) is 6. The van der Waals surface area contributed by atoms with Crippen molar-refractivity contribution in [3.63, 3.8) is 0 Å². The van der Waals surface area contributed by atoms with Crippen LogP contribution in [0.4, 0.5) is 4.79 Å². The molecule has 0 unspecified atom stereocenters. The van der Waals surface area contributed by atoms with Gasteiger partial charge in [-0.1, -0.05) is 63.4 Å². The van der Waals surface area contributed by atoms with Crippen molar-refractivity contribution in [3.05, 3.63) is 50.5 Å². The molecular formula is C21H27Cl2N3O5S. The number of hydrogen-bond donors (Lipinski definition) is 1. The Balaban J connectivity index is 2.58. The van der Waals surface area contributed by atoms with Gasteiger partial charge in [0, 0.05) is 21.5 Å². The van der Waals surface area contributed by atoms with E-state index in [4.69, 9.17) is 33.7 Å². The zero-order chi connectivity index (χ0) is 24.1. The minimum absolute atomic E-state index is 0.146. The average Bonchev–Trinajstić information content (AvgIpc) is 3.01. The molecule has 0 aliphatic heterocycles. The monoisotopic (exact) mass is 503 g/mol. The normalized spacial score (nSPS) is 12.6. The zero-order valence-electron chi connectivity index (χ0n) is 18.4. The van der Waals surface area contributed by atoms with Crippen molar-refractivity contribution >= 4 is 45.5 Å². The lowest BCUT2D eigenvalue weighted by atomic mass is 9.95. The molecule has 0 fully saturated rings. The van der Waals surface area contributed by atoms with Gasteiger partial charge in [-0.3, -0.25) is 4.68 Å². The van der Waals surface area contributed by atoms with E-state index < -0.39 is 21.6 Å². The van der Waals surface area contributed by atoms with Gasteiger partial charge in [0.15, 0.2) is 0 Å². The summed E-state index contributed by atoms with van der Waals surface area (Å²) in [6, 6.07) is 6.69. The van der Waals surface area contributed by atoms with Gasteiger partial charge in [-0.2, -0.15) is 8.42 Å². The Labute approximate surface area is 198 Å². The highest BCUT2D eigenvalue weighted by Crippen LogP contribution is 2.34. The van der Waals surface area contributed by atoms with Crippen molar-refractivity contribution in [1.29, 1.82) is 0 Å². The van der Waals surface area contributed by atoms with E-state index in [0.717, 1.165) is 18.4 Å². The van der Waals surface area contributed by atoms with Crippen LogP contribution < -0.4 is 10.5 Å². The van der Waals surface area contributed by atoms with E-state index in [9.17, 15) is 13.2 Å². The predicted octanol–water partition coefficient (Wildman–Crippen LogP) is 5.23.